The molecule has 16 N–H and O–H groups in total. The van der Waals surface area contributed by atoms with Crippen LogP contribution in [0, 0.1) is 17.8 Å². The molecule has 3 fully saturated rings. The Kier molecular flexibility index (Phi) is 30.0. The van der Waals surface area contributed by atoms with E-state index in [0.717, 1.165) is 36.0 Å². The van der Waals surface area contributed by atoms with E-state index in [2.05, 4.69) is 51.1 Å². The van der Waals surface area contributed by atoms with Crippen LogP contribution in [0.5, 0.6) is 0 Å². The molecule has 33 heteroatoms. The van der Waals surface area contributed by atoms with E-state index in [1.54, 1.807) is 26.0 Å². The Morgan fingerprint density at radius 3 is 1.67 bits per heavy atom. The molecule has 0 aromatic rings. The van der Waals surface area contributed by atoms with Crippen molar-refractivity contribution in [3.05, 3.63) is 12.2 Å². The first-order valence-electron chi connectivity index (χ1n) is 29.6. The third kappa shape index (κ3) is 24.0. The molecule has 1 unspecified atom stereocenters. The number of allylic oxidation sites excluding steroid dienone is 1. The number of piperidine rings is 1. The van der Waals surface area contributed by atoms with Gasteiger partial charge in [0.05, 0.1) is 44.3 Å². The smallest absolute Gasteiger partial charge is 0.308 e. The van der Waals surface area contributed by atoms with Gasteiger partial charge in [-0.25, -0.2) is 0 Å². The van der Waals surface area contributed by atoms with Crippen molar-refractivity contribution in [2.45, 2.75) is 198 Å². The van der Waals surface area contributed by atoms with Gasteiger partial charge in [0.1, 0.15) is 54.4 Å². The molecular formula is C56H87N13O20. The molecule has 89 heavy (non-hydrogen) atoms. The van der Waals surface area contributed by atoms with Gasteiger partial charge in [0, 0.05) is 25.6 Å². The zero-order valence-electron chi connectivity index (χ0n) is 51.1. The van der Waals surface area contributed by atoms with Gasteiger partial charge in [-0.2, -0.15) is 0 Å². The summed E-state index contributed by atoms with van der Waals surface area (Å²) in [4.78, 5) is 218. The number of carboxylic acid groups (broad SMARTS) is 4. The maximum Gasteiger partial charge on any atom is 0.308 e. The van der Waals surface area contributed by atoms with Crippen LogP contribution < -0.4 is 58.9 Å². The van der Waals surface area contributed by atoms with Crippen molar-refractivity contribution in [1.29, 1.82) is 0 Å². The van der Waals surface area contributed by atoms with Crippen LogP contribution in [0.25, 0.3) is 0 Å². The Hall–Kier alpha value is -8.78. The summed E-state index contributed by atoms with van der Waals surface area (Å²) < 4.78 is 0. The van der Waals surface area contributed by atoms with Crippen LogP contribution >= 0.6 is 0 Å². The van der Waals surface area contributed by atoms with Crippen LogP contribution in [0.15, 0.2) is 12.2 Å². The number of amides is 12. The average molecular weight is 1260 g/mol. The number of carbonyl (C=O) groups excluding carboxylic acids is 12. The van der Waals surface area contributed by atoms with E-state index in [1.807, 2.05) is 16.0 Å². The first kappa shape index (κ1) is 74.5. The summed E-state index contributed by atoms with van der Waals surface area (Å²) in [5.41, 5.74) is 6.11. The van der Waals surface area contributed by atoms with Crippen LogP contribution in [0.2, 0.25) is 0 Å². The summed E-state index contributed by atoms with van der Waals surface area (Å²) in [6, 6.07) is -18.5. The summed E-state index contributed by atoms with van der Waals surface area (Å²) in [5, 5.41) is 62.1. The van der Waals surface area contributed by atoms with Crippen LogP contribution in [-0.4, -0.2) is 218 Å². The summed E-state index contributed by atoms with van der Waals surface area (Å²) in [6.45, 7) is 8.53. The standard InChI is InChI=1S/C56H87N13O20/c1-27(2)16-11-9-8-10-12-19-37(70)61-34(24-42(77)78)49(81)67-46-31(7)60-50(82)36-18-15-21-69(36)54(86)43(28(3)4)65-53(85)45(30(6)57)64-39(72)26-59-47(79)32(22-40(73)74)62-38(71)25-58-48(80)33(23-41(75)76)63-52(84)44(29(5)56(88)89)66-51(83)35-17-13-14-20-68(35)55(46)87/h10,12,27-36,43-46H,8-9,11,13-26,57H2,1-7H3,(H,58,80)(H,59,79)(H,60,82)(H,61,70)(H,62,71)(H,63,84)(H,64,72)(H,65,85)(H,66,83)(H,67,81)(H,73,74)(H,75,76)(H,77,78)(H,88,89)/t29-,30+,31+,32-,33-,34-,35+,36-,43-,44?,45+,46-/m0/s1. The molecule has 0 radical (unpaired) electrons. The molecule has 3 saturated heterocycles. The maximum absolute atomic E-state index is 15.2. The minimum atomic E-state index is -2.15. The number of rotatable bonds is 20. The van der Waals surface area contributed by atoms with E-state index in [1.165, 1.54) is 13.8 Å². The van der Waals surface area contributed by atoms with E-state index < -0.39 is 205 Å². The highest BCUT2D eigenvalue weighted by atomic mass is 16.4. The molecule has 0 aromatic carbocycles. The molecule has 0 spiro atoms. The highest BCUT2D eigenvalue weighted by Gasteiger charge is 2.45. The first-order chi connectivity index (χ1) is 41.7. The minimum absolute atomic E-state index is 0.0218. The number of carbonyl (C=O) groups is 16. The fourth-order valence-corrected chi connectivity index (χ4v) is 10.0. The van der Waals surface area contributed by atoms with Crippen LogP contribution in [0.4, 0.5) is 0 Å². The Labute approximate surface area is 513 Å². The number of unbranched alkanes of at least 4 members (excludes halogenated alkanes) is 2. The summed E-state index contributed by atoms with van der Waals surface area (Å²) in [6.07, 6.45) is 3.69. The van der Waals surface area contributed by atoms with Crippen molar-refractivity contribution in [2.24, 2.45) is 23.5 Å². The second-order valence-electron chi connectivity index (χ2n) is 23.1. The number of nitrogens with zero attached hydrogens (tertiary/aromatic N) is 2. The number of carboxylic acids is 4. The van der Waals surface area contributed by atoms with Crippen molar-refractivity contribution in [2.75, 3.05) is 26.2 Å². The van der Waals surface area contributed by atoms with Gasteiger partial charge in [-0.05, 0) is 77.6 Å². The average Bonchev–Trinajstić information content (AvgIpc) is 2.72. The van der Waals surface area contributed by atoms with E-state index >= 15 is 4.79 Å². The zero-order valence-corrected chi connectivity index (χ0v) is 51.1. The van der Waals surface area contributed by atoms with Gasteiger partial charge >= 0.3 is 23.9 Å². The van der Waals surface area contributed by atoms with Gasteiger partial charge in [-0.3, -0.25) is 76.7 Å². The Bertz CT molecular complexity index is 2670. The zero-order chi connectivity index (χ0) is 67.0. The second-order valence-corrected chi connectivity index (χ2v) is 23.1. The van der Waals surface area contributed by atoms with Gasteiger partial charge in [0.25, 0.3) is 0 Å². The fraction of sp³-hybridized carbons (Fsp3) is 0.679. The van der Waals surface area contributed by atoms with E-state index in [-0.39, 0.29) is 51.6 Å². The summed E-state index contributed by atoms with van der Waals surface area (Å²) in [5.74, 6) is -22.0. The predicted octanol–water partition coefficient (Wildman–Crippen LogP) is -4.19. The lowest BCUT2D eigenvalue weighted by Gasteiger charge is -2.39. The Morgan fingerprint density at radius 1 is 0.596 bits per heavy atom. The van der Waals surface area contributed by atoms with Crippen LogP contribution in [0.1, 0.15) is 132 Å². The largest absolute Gasteiger partial charge is 0.481 e. The number of hydrogen-bond donors (Lipinski definition) is 15. The number of nitrogens with two attached hydrogens (primary N) is 1. The molecule has 0 aliphatic carbocycles. The van der Waals surface area contributed by atoms with Gasteiger partial charge < -0.3 is 89.1 Å². The maximum atomic E-state index is 15.2. The molecule has 33 nitrogen and oxygen atoms in total. The van der Waals surface area contributed by atoms with E-state index in [4.69, 9.17) is 5.73 Å². The lowest BCUT2D eigenvalue weighted by Crippen LogP contribution is -2.66. The third-order valence-electron chi connectivity index (χ3n) is 15.0. The Balaban J connectivity index is 2.19. The van der Waals surface area contributed by atoms with Gasteiger partial charge in [0.15, 0.2) is 0 Å². The molecule has 3 heterocycles. The summed E-state index contributed by atoms with van der Waals surface area (Å²) >= 11 is 0. The van der Waals surface area contributed by atoms with Crippen LogP contribution in [-0.2, 0) is 76.7 Å². The lowest BCUT2D eigenvalue weighted by atomic mass is 9.96. The molecule has 3 aliphatic heterocycles. The lowest BCUT2D eigenvalue weighted by molar-refractivity contribution is -0.150. The normalized spacial score (nSPS) is 25.6. The second kappa shape index (κ2) is 35.9. The van der Waals surface area contributed by atoms with E-state index in [0.29, 0.717) is 12.3 Å². The third-order valence-corrected chi connectivity index (χ3v) is 15.0. The molecule has 0 bridgehead atoms. The van der Waals surface area contributed by atoms with E-state index in [9.17, 15) is 92.3 Å². The van der Waals surface area contributed by atoms with Crippen molar-refractivity contribution in [3.8, 4) is 0 Å². The number of nitrogens with one attached hydrogen (secondary N) is 10. The first-order valence-corrected chi connectivity index (χ1v) is 29.6. The molecule has 496 valence electrons. The molecule has 3 aliphatic rings. The SMILES string of the molecule is CC(C)CCCCC=CCC(=O)N[C@@H](CC(=O)O)C(=O)N[C@@H]1C(=O)N2CCCC[C@@H]2C(=O)NC([C@H](C)C(=O)O)C(=O)N[C@@H](CC(=O)O)C(=O)NCC(=O)N[C@@H](CC(=O)O)C(=O)NCC(=O)N[C@H]([C@@H](C)N)C(=O)N[C@@H](C(C)C)C(=O)N2CCC[C@H]2C(=O)N[C@@H]1C. The van der Waals surface area contributed by atoms with Crippen LogP contribution in [0.3, 0.4) is 0 Å². The predicted molar refractivity (Wildman–Crippen MR) is 310 cm³/mol. The summed E-state index contributed by atoms with van der Waals surface area (Å²) in [7, 11) is 0. The highest BCUT2D eigenvalue weighted by molar-refractivity contribution is 6.01. The molecule has 0 aromatic heterocycles. The van der Waals surface area contributed by atoms with Gasteiger partial charge in [-0.1, -0.05) is 52.7 Å². The number of aliphatic carboxylic acids is 4. The minimum Gasteiger partial charge on any atom is -0.481 e. The Morgan fingerprint density at radius 2 is 1.12 bits per heavy atom. The van der Waals surface area contributed by atoms with Crippen molar-refractivity contribution < 1.29 is 97.1 Å². The highest BCUT2D eigenvalue weighted by Crippen LogP contribution is 2.24. The van der Waals surface area contributed by atoms with Gasteiger partial charge in [-0.15, -0.1) is 0 Å². The topological polar surface area (TPSA) is 507 Å². The van der Waals surface area contributed by atoms with Crippen molar-refractivity contribution in [1.82, 2.24) is 63.0 Å². The molecular weight excluding hydrogens is 1170 g/mol. The number of hydrogen-bond acceptors (Lipinski definition) is 17. The molecule has 3 rings (SSSR count). The quantitative estimate of drug-likeness (QED) is 0.0406. The number of fused-ring (bicyclic) bond motifs is 2. The van der Waals surface area contributed by atoms with Gasteiger partial charge in [0.2, 0.25) is 70.9 Å². The molecule has 0 saturated carbocycles. The molecule has 12 amide bonds. The monoisotopic (exact) mass is 1260 g/mol. The van der Waals surface area contributed by atoms with Crippen molar-refractivity contribution in [3.63, 3.8) is 0 Å². The van der Waals surface area contributed by atoms with Crippen molar-refractivity contribution >= 4 is 94.8 Å². The molecule has 12 atom stereocenters. The fourth-order valence-electron chi connectivity index (χ4n) is 10.0.